The summed E-state index contributed by atoms with van der Waals surface area (Å²) in [6.45, 7) is 12.5. The highest BCUT2D eigenvalue weighted by Gasteiger charge is 2.62. The first-order valence-corrected chi connectivity index (χ1v) is 43.4. The Morgan fingerprint density at radius 3 is 0.953 bits per heavy atom. The van der Waals surface area contributed by atoms with E-state index in [4.69, 9.17) is 51.1 Å². The summed E-state index contributed by atoms with van der Waals surface area (Å²) >= 11 is 0. The Morgan fingerprint density at radius 2 is 0.646 bits per heavy atom. The molecule has 13 fully saturated rings. The maximum atomic E-state index is 12.7. The van der Waals surface area contributed by atoms with Crippen LogP contribution in [0.15, 0.2) is 0 Å². The second-order valence-electron chi connectivity index (χ2n) is 35.1. The Bertz CT molecular complexity index is 2670. The van der Waals surface area contributed by atoms with Crippen molar-refractivity contribution in [3.8, 4) is 0 Å². The topological polar surface area (TPSA) is 577 Å². The zero-order chi connectivity index (χ0) is 96.5. The van der Waals surface area contributed by atoms with Crippen LogP contribution in [-0.2, 0) is 0 Å². The predicted molar refractivity (Wildman–Crippen MR) is 429 cm³/mol. The molecule has 0 amide bonds. The zero-order valence-electron chi connectivity index (χ0n) is 72.1. The van der Waals surface area contributed by atoms with E-state index in [0.717, 1.165) is 19.9 Å². The summed E-state index contributed by atoms with van der Waals surface area (Å²) in [5, 5.41) is 233. The number of halogens is 16. The van der Waals surface area contributed by atoms with Crippen molar-refractivity contribution < 1.29 is 183 Å². The smallest absolute Gasteiger partial charge is 0.390 e. The van der Waals surface area contributed by atoms with Gasteiger partial charge in [-0.3, -0.25) is 8.78 Å². The number of aliphatic hydroxyl groups is 22. The van der Waals surface area contributed by atoms with Gasteiger partial charge in [-0.15, -0.1) is 0 Å². The second-order valence-corrected chi connectivity index (χ2v) is 35.1. The average molecular weight is 1900 g/mol. The number of alkyl halides is 16. The van der Waals surface area contributed by atoms with E-state index >= 15 is 0 Å². The molecule has 0 aromatic carbocycles. The summed E-state index contributed by atoms with van der Waals surface area (Å²) in [6.07, 6.45) is -30.8. The summed E-state index contributed by atoms with van der Waals surface area (Å²) in [4.78, 5) is 0. The molecule has 0 aromatic rings. The van der Waals surface area contributed by atoms with Gasteiger partial charge in [0.05, 0.1) is 165 Å². The zero-order valence-corrected chi connectivity index (χ0v) is 72.1. The molecule has 2 unspecified atom stereocenters. The van der Waals surface area contributed by atoms with E-state index < -0.39 is 256 Å². The second kappa shape index (κ2) is 58.2. The minimum atomic E-state index is -4.45. The first kappa shape index (κ1) is 119. The Morgan fingerprint density at radius 1 is 0.346 bits per heavy atom. The van der Waals surface area contributed by atoms with Crippen LogP contribution in [0.5, 0.6) is 0 Å². The number of rotatable bonds is 13. The molecule has 0 radical (unpaired) electrons. The van der Waals surface area contributed by atoms with Crippen molar-refractivity contribution in [3.63, 3.8) is 0 Å². The third-order valence-electron chi connectivity index (χ3n) is 25.0. The molecule has 127 heavy (non-hydrogen) atoms. The van der Waals surface area contributed by atoms with Gasteiger partial charge in [0.2, 0.25) is 12.9 Å². The highest BCUT2D eigenvalue weighted by atomic mass is 19.4. The highest BCUT2D eigenvalue weighted by molar-refractivity contribution is 5.05. The summed E-state index contributed by atoms with van der Waals surface area (Å²) < 4.78 is 197. The largest absolute Gasteiger partial charge is 0.395 e. The van der Waals surface area contributed by atoms with E-state index in [-0.39, 0.29) is 77.2 Å². The molecule has 11 saturated heterocycles. The number of piperidine rings is 11. The van der Waals surface area contributed by atoms with E-state index in [1.165, 1.54) is 33.6 Å². The van der Waals surface area contributed by atoms with Crippen molar-refractivity contribution in [2.24, 2.45) is 76.9 Å². The van der Waals surface area contributed by atoms with Crippen molar-refractivity contribution in [2.75, 3.05) is 151 Å². The van der Waals surface area contributed by atoms with Crippen molar-refractivity contribution in [3.05, 3.63) is 0 Å². The van der Waals surface area contributed by atoms with Gasteiger partial charge >= 0.3 is 6.18 Å². The fraction of sp³-hybridized carbons (Fsp3) is 1.00. The Balaban J connectivity index is 0.000000360. The normalized spacial score (nSPS) is 41.5. The molecule has 11 heterocycles. The van der Waals surface area contributed by atoms with Crippen LogP contribution in [0, 0.1) is 76.9 Å². The molecule has 2 aliphatic carbocycles. The van der Waals surface area contributed by atoms with E-state index in [1.54, 1.807) is 0 Å². The van der Waals surface area contributed by atoms with Crippen molar-refractivity contribution in [1.29, 1.82) is 0 Å². The molecule has 49 heteroatoms. The molecule has 13 aliphatic rings. The molecular formula is C78H147F16N11O22. The molecule has 13 rings (SSSR count). The van der Waals surface area contributed by atoms with E-state index in [9.17, 15) is 132 Å². The first-order chi connectivity index (χ1) is 59.2. The maximum Gasteiger partial charge on any atom is 0.395 e. The Labute approximate surface area is 729 Å². The number of aliphatic hydroxyl groups excluding tert-OH is 22. The fourth-order valence-corrected chi connectivity index (χ4v) is 16.2. The molecule has 0 spiro atoms. The number of hydrogen-bond acceptors (Lipinski definition) is 33. The summed E-state index contributed by atoms with van der Waals surface area (Å²) in [5.74, 6) is -12.6. The predicted octanol–water partition coefficient (Wildman–Crippen LogP) is -6.41. The Kier molecular flexibility index (Phi) is 54.4. The molecule has 2 saturated carbocycles. The third-order valence-corrected chi connectivity index (χ3v) is 25.0. The van der Waals surface area contributed by atoms with Gasteiger partial charge in [-0.05, 0) is 59.3 Å². The minimum Gasteiger partial charge on any atom is -0.390 e. The van der Waals surface area contributed by atoms with Crippen LogP contribution < -0.4 is 58.5 Å². The van der Waals surface area contributed by atoms with Gasteiger partial charge in [0, 0.05) is 210 Å². The lowest BCUT2D eigenvalue weighted by molar-refractivity contribution is -0.217. The van der Waals surface area contributed by atoms with Crippen LogP contribution in [0.1, 0.15) is 73.1 Å². The van der Waals surface area contributed by atoms with Crippen molar-refractivity contribution in [2.45, 2.75) is 263 Å². The van der Waals surface area contributed by atoms with Gasteiger partial charge < -0.3 is 171 Å². The van der Waals surface area contributed by atoms with Crippen LogP contribution in [-0.4, -0.2) is 453 Å². The molecule has 33 N–H and O–H groups in total. The van der Waals surface area contributed by atoms with E-state index in [1.807, 2.05) is 6.92 Å². The minimum absolute atomic E-state index is 0.00611. The molecule has 758 valence electrons. The molecule has 0 bridgehead atoms. The van der Waals surface area contributed by atoms with Crippen LogP contribution >= 0.6 is 0 Å². The van der Waals surface area contributed by atoms with E-state index in [2.05, 4.69) is 58.5 Å². The highest BCUT2D eigenvalue weighted by Crippen LogP contribution is 2.54. The lowest BCUT2D eigenvalue weighted by atomic mass is 9.86. The van der Waals surface area contributed by atoms with Crippen LogP contribution in [0.4, 0.5) is 70.2 Å². The number of β-amino-alcohol motifs (C(OH)–C–C–N with tert-alkyl or cyclic N) is 11. The van der Waals surface area contributed by atoms with Crippen molar-refractivity contribution in [1.82, 2.24) is 58.5 Å². The monoisotopic (exact) mass is 1890 g/mol. The summed E-state index contributed by atoms with van der Waals surface area (Å²) in [5.41, 5.74) is 0. The van der Waals surface area contributed by atoms with Crippen molar-refractivity contribution >= 4 is 0 Å². The quantitative estimate of drug-likeness (QED) is 0.0763. The van der Waals surface area contributed by atoms with Gasteiger partial charge in [-0.25, -0.2) is 48.3 Å². The first-order valence-electron chi connectivity index (χ1n) is 43.4. The lowest BCUT2D eigenvalue weighted by Crippen LogP contribution is -2.56. The van der Waals surface area contributed by atoms with Crippen LogP contribution in [0.25, 0.3) is 0 Å². The third kappa shape index (κ3) is 40.0. The average Bonchev–Trinajstić information content (AvgIpc) is 1.60. The number of hydrogen-bond donors (Lipinski definition) is 33. The lowest BCUT2D eigenvalue weighted by Gasteiger charge is -2.37. The number of nitrogens with one attached hydrogen (secondary N) is 11. The van der Waals surface area contributed by atoms with Gasteiger partial charge in [0.1, 0.15) is 18.5 Å². The molecule has 33 nitrogen and oxygen atoms in total. The molecular weight excluding hydrogens is 1750 g/mol. The summed E-state index contributed by atoms with van der Waals surface area (Å²) in [7, 11) is 0. The van der Waals surface area contributed by atoms with Crippen LogP contribution in [0.2, 0.25) is 0 Å². The molecule has 0 aromatic heterocycles. The van der Waals surface area contributed by atoms with Crippen LogP contribution in [0.3, 0.4) is 0 Å². The van der Waals surface area contributed by atoms with Gasteiger partial charge in [-0.2, -0.15) is 13.2 Å². The summed E-state index contributed by atoms with van der Waals surface area (Å²) in [6, 6.07) is -0.00611. The van der Waals surface area contributed by atoms with Gasteiger partial charge in [-0.1, -0.05) is 6.92 Å². The SMILES string of the molecule is CC(F)(F)[C@H]1CNC[C@@H](O)[C@@H]1O.CC(F)[C@H]1CNC[C@@H](O)[C@@H]1O.CC[C@@H]1NC[C@@H](O)[C@H](O)[C@H]1CF.C[C@@H](F)[C@H]1CNC[C@@H](O)[C@@H]1O.C[C@H](F)[C@H]1CNC[C@@H](O)[C@@H]1O.O[C@@H]1[C@@H](CC(F)F)CNC[C@H]1O.O[C@@H]1[C@@H](CCF)CNC[C@H]1O.O[C@H]1[C@H](O)CNC[C@@H]1C(F)(F)F.O[C@H]1[C@H](O)CNC[C@@H]1C(F)F.O[C@H]1[C@H](O)CNC[C@@H]1C1CC1.O[C@H]1[C@H](O)CNC[C@@H]1C1CC1(F)F. The van der Waals surface area contributed by atoms with E-state index in [0.29, 0.717) is 96.8 Å². The van der Waals surface area contributed by atoms with Gasteiger partial charge in [0.25, 0.3) is 11.8 Å². The molecule has 11 aliphatic heterocycles. The maximum absolute atomic E-state index is 12.7. The standard InChI is InChI=1S/C8H13F2NO2.C8H16FNO2.C8H15NO2.2C7H13F2NO2.4C7H14FNO2.C6H10F3NO2.C6H11F2NO2/c9-8(10)1-5(8)4-2-11-3-6(12)7(4)13;1-2-6-5(3-9)8(12)7(11)4-10-6;10-7-4-9-3-6(8(7)11)5-1-2-5;1-7(8,9)4-2-10-3-5(11)6(4)12;8-6(9)1-4-2-10-3-5(11)7(4)12;3*1-4(8)5-2-9-3-6(10)7(5)11;8-2-1-5-3-9-4-6(10)7(5)11;7-6(8,9)3-1-10-2-4(11)5(3)12;7-6(8)3-1-9-2-4(10)5(3)11/h4-7,11-13H,1-3H2;5-8,10-12H,2-4H2,1H3;5-11H,1-4H2;4-6,10-12H,2-3H2,1H3;4-7,10-12H,1-3H2;3*4-7,9-11H,2-3H2,1H3;5-7,9-11H,1-4H2;3-5,10-12H,1-2H2;3-6,9-11H,1-2H2/t4-,5?,6-,7-;5-,6-,7+,8+;6-,7-,8-;4-,5+,6+;4-,5+,7+;4?,5-,6-,7-;4-,5+,6+,7+;4-,5-,6-,7-;5-,6+,7+;2*3-,4+,5+/m10100101000/s1. The Hall–Kier alpha value is -2.44. The fourth-order valence-electron chi connectivity index (χ4n) is 16.2. The van der Waals surface area contributed by atoms with Gasteiger partial charge in [0.15, 0.2) is 0 Å². The molecule has 38 atom stereocenters.